The molecule has 0 unspecified atom stereocenters. The van der Waals surface area contributed by atoms with E-state index in [-0.39, 0.29) is 0 Å². The molecule has 0 fully saturated rings. The summed E-state index contributed by atoms with van der Waals surface area (Å²) in [6.45, 7) is 12.4. The maximum absolute atomic E-state index is 5.61. The molecule has 0 bridgehead atoms. The lowest BCUT2D eigenvalue weighted by Gasteiger charge is -2.18. The molecule has 24 heavy (non-hydrogen) atoms. The fraction of sp³-hybridized carbons (Fsp3) is 0.478. The van der Waals surface area contributed by atoms with E-state index in [4.69, 9.17) is 4.74 Å². The maximum atomic E-state index is 5.61. The van der Waals surface area contributed by atoms with Crippen LogP contribution in [0.1, 0.15) is 64.4 Å². The molecule has 0 radical (unpaired) electrons. The molecule has 0 saturated heterocycles. The molecule has 0 heterocycles. The minimum absolute atomic E-state index is 0.621. The zero-order valence-electron chi connectivity index (χ0n) is 15.8. The molecular formula is C23H34O. The van der Waals surface area contributed by atoms with E-state index in [9.17, 15) is 0 Å². The SMILES string of the molecule is C=CCCCCCC/C(=C(/C=C)CC(C)C)c1ccccc1OC. The van der Waals surface area contributed by atoms with Crippen molar-refractivity contribution in [3.63, 3.8) is 0 Å². The molecule has 0 atom stereocenters. The Hall–Kier alpha value is -1.76. The Morgan fingerprint density at radius 3 is 2.42 bits per heavy atom. The van der Waals surface area contributed by atoms with Gasteiger partial charge in [-0.2, -0.15) is 0 Å². The van der Waals surface area contributed by atoms with Gasteiger partial charge in [0.05, 0.1) is 7.11 Å². The second-order valence-corrected chi connectivity index (χ2v) is 6.75. The van der Waals surface area contributed by atoms with E-state index in [1.54, 1.807) is 7.11 Å². The highest BCUT2D eigenvalue weighted by molar-refractivity contribution is 5.74. The third kappa shape index (κ3) is 6.78. The van der Waals surface area contributed by atoms with Gasteiger partial charge in [-0.05, 0) is 55.2 Å². The predicted molar refractivity (Wildman–Crippen MR) is 107 cm³/mol. The monoisotopic (exact) mass is 326 g/mol. The number of hydrogen-bond donors (Lipinski definition) is 0. The number of benzene rings is 1. The number of ether oxygens (including phenoxy) is 1. The molecule has 0 aliphatic heterocycles. The highest BCUT2D eigenvalue weighted by Crippen LogP contribution is 2.34. The third-order valence-electron chi connectivity index (χ3n) is 4.28. The summed E-state index contributed by atoms with van der Waals surface area (Å²) in [6.07, 6.45) is 12.3. The Morgan fingerprint density at radius 1 is 1.08 bits per heavy atom. The number of unbranched alkanes of at least 4 members (excludes halogenated alkanes) is 4. The van der Waals surface area contributed by atoms with Crippen LogP contribution in [0.2, 0.25) is 0 Å². The lowest BCUT2D eigenvalue weighted by molar-refractivity contribution is 0.413. The standard InChI is InChI=1S/C23H34O/c1-6-8-9-10-11-12-15-21(20(7-2)18-19(3)4)22-16-13-14-17-23(22)24-5/h6-7,13-14,16-17,19H,1-2,8-12,15,18H2,3-5H3/b21-20+. The van der Waals surface area contributed by atoms with Gasteiger partial charge in [-0.3, -0.25) is 0 Å². The van der Waals surface area contributed by atoms with Gasteiger partial charge in [0.25, 0.3) is 0 Å². The Labute approximate surface area is 149 Å². The van der Waals surface area contributed by atoms with Crippen LogP contribution in [0.25, 0.3) is 5.57 Å². The topological polar surface area (TPSA) is 9.23 Å². The summed E-state index contributed by atoms with van der Waals surface area (Å²) in [5.74, 6) is 1.58. The van der Waals surface area contributed by atoms with E-state index in [2.05, 4.69) is 45.2 Å². The Bertz CT molecular complexity index is 537. The van der Waals surface area contributed by atoms with Crippen LogP contribution in [0.15, 0.2) is 55.1 Å². The number of methoxy groups -OCH3 is 1. The van der Waals surface area contributed by atoms with Gasteiger partial charge < -0.3 is 4.74 Å². The van der Waals surface area contributed by atoms with Crippen molar-refractivity contribution in [2.24, 2.45) is 5.92 Å². The Balaban J connectivity index is 2.97. The van der Waals surface area contributed by atoms with Crippen molar-refractivity contribution >= 4 is 5.57 Å². The van der Waals surface area contributed by atoms with Crippen LogP contribution < -0.4 is 4.74 Å². The fourth-order valence-electron chi connectivity index (χ4n) is 3.08. The molecule has 1 nitrogen and oxygen atoms in total. The number of para-hydroxylation sites is 1. The number of rotatable bonds is 12. The lowest BCUT2D eigenvalue weighted by Crippen LogP contribution is -1.98. The zero-order valence-corrected chi connectivity index (χ0v) is 15.8. The first kappa shape index (κ1) is 20.3. The van der Waals surface area contributed by atoms with Crippen molar-refractivity contribution in [3.05, 3.63) is 60.7 Å². The van der Waals surface area contributed by atoms with Gasteiger partial charge in [-0.25, -0.2) is 0 Å². The summed E-state index contributed by atoms with van der Waals surface area (Å²) in [5, 5.41) is 0. The summed E-state index contributed by atoms with van der Waals surface area (Å²) in [4.78, 5) is 0. The third-order valence-corrected chi connectivity index (χ3v) is 4.28. The summed E-state index contributed by atoms with van der Waals surface area (Å²) in [5.41, 5.74) is 3.99. The van der Waals surface area contributed by atoms with Crippen LogP contribution in [0.4, 0.5) is 0 Å². The normalized spacial score (nSPS) is 12.0. The van der Waals surface area contributed by atoms with Crippen LogP contribution >= 0.6 is 0 Å². The first-order valence-electron chi connectivity index (χ1n) is 9.22. The molecule has 0 amide bonds. The van der Waals surface area contributed by atoms with Crippen molar-refractivity contribution in [2.45, 2.75) is 58.8 Å². The molecule has 1 rings (SSSR count). The molecule has 0 spiro atoms. The molecule has 0 saturated carbocycles. The minimum Gasteiger partial charge on any atom is -0.496 e. The first-order chi connectivity index (χ1) is 11.6. The minimum atomic E-state index is 0.621. The summed E-state index contributed by atoms with van der Waals surface area (Å²) >= 11 is 0. The summed E-state index contributed by atoms with van der Waals surface area (Å²) < 4.78 is 5.61. The van der Waals surface area contributed by atoms with E-state index in [0.29, 0.717) is 5.92 Å². The number of allylic oxidation sites excluding steroid dienone is 4. The molecule has 1 aromatic rings. The molecule has 1 heteroatoms. The van der Waals surface area contributed by atoms with Crippen molar-refractivity contribution in [1.82, 2.24) is 0 Å². The molecule has 0 N–H and O–H groups in total. The average Bonchev–Trinajstić information content (AvgIpc) is 2.59. The second-order valence-electron chi connectivity index (χ2n) is 6.75. The van der Waals surface area contributed by atoms with Gasteiger partial charge in [0, 0.05) is 5.56 Å². The van der Waals surface area contributed by atoms with Gasteiger partial charge in [0.15, 0.2) is 0 Å². The molecule has 0 aliphatic rings. The molecular weight excluding hydrogens is 292 g/mol. The van der Waals surface area contributed by atoms with Gasteiger partial charge in [0.1, 0.15) is 5.75 Å². The van der Waals surface area contributed by atoms with Gasteiger partial charge >= 0.3 is 0 Å². The van der Waals surface area contributed by atoms with Crippen LogP contribution in [-0.4, -0.2) is 7.11 Å². The summed E-state index contributed by atoms with van der Waals surface area (Å²) in [7, 11) is 1.75. The Morgan fingerprint density at radius 2 is 1.79 bits per heavy atom. The first-order valence-corrected chi connectivity index (χ1v) is 9.22. The van der Waals surface area contributed by atoms with Crippen molar-refractivity contribution in [3.8, 4) is 5.75 Å². The van der Waals surface area contributed by atoms with E-state index < -0.39 is 0 Å². The van der Waals surface area contributed by atoms with Crippen molar-refractivity contribution < 1.29 is 4.74 Å². The number of hydrogen-bond acceptors (Lipinski definition) is 1. The lowest BCUT2D eigenvalue weighted by atomic mass is 9.89. The molecule has 1 aromatic carbocycles. The van der Waals surface area contributed by atoms with Gasteiger partial charge in [-0.1, -0.05) is 63.6 Å². The van der Waals surface area contributed by atoms with Crippen LogP contribution in [-0.2, 0) is 0 Å². The largest absolute Gasteiger partial charge is 0.496 e. The van der Waals surface area contributed by atoms with E-state index in [0.717, 1.165) is 25.0 Å². The second kappa shape index (κ2) is 11.7. The zero-order chi connectivity index (χ0) is 17.8. The van der Waals surface area contributed by atoms with Gasteiger partial charge in [-0.15, -0.1) is 6.58 Å². The molecule has 0 aromatic heterocycles. The Kier molecular flexibility index (Phi) is 9.91. The van der Waals surface area contributed by atoms with E-state index in [1.165, 1.54) is 42.4 Å². The van der Waals surface area contributed by atoms with Gasteiger partial charge in [0.2, 0.25) is 0 Å². The average molecular weight is 327 g/mol. The maximum Gasteiger partial charge on any atom is 0.126 e. The van der Waals surface area contributed by atoms with Crippen molar-refractivity contribution in [1.29, 1.82) is 0 Å². The summed E-state index contributed by atoms with van der Waals surface area (Å²) in [6, 6.07) is 8.36. The van der Waals surface area contributed by atoms with Crippen LogP contribution in [0.3, 0.4) is 0 Å². The molecule has 132 valence electrons. The van der Waals surface area contributed by atoms with E-state index in [1.807, 2.05) is 18.2 Å². The van der Waals surface area contributed by atoms with E-state index >= 15 is 0 Å². The smallest absolute Gasteiger partial charge is 0.126 e. The fourth-order valence-corrected chi connectivity index (χ4v) is 3.08. The quantitative estimate of drug-likeness (QED) is 0.224. The van der Waals surface area contributed by atoms with Crippen molar-refractivity contribution in [2.75, 3.05) is 7.11 Å². The predicted octanol–water partition coefficient (Wildman–Crippen LogP) is 7.21. The highest BCUT2D eigenvalue weighted by Gasteiger charge is 2.13. The molecule has 0 aliphatic carbocycles. The highest BCUT2D eigenvalue weighted by atomic mass is 16.5. The van der Waals surface area contributed by atoms with Crippen LogP contribution in [0, 0.1) is 5.92 Å². The van der Waals surface area contributed by atoms with Crippen LogP contribution in [0.5, 0.6) is 5.75 Å².